The van der Waals surface area contributed by atoms with Crippen molar-refractivity contribution in [2.75, 3.05) is 13.2 Å². The molecule has 0 spiro atoms. The van der Waals surface area contributed by atoms with Crippen molar-refractivity contribution >= 4 is 5.97 Å². The largest absolute Gasteiger partial charge is 0.461 e. The van der Waals surface area contributed by atoms with Crippen LogP contribution < -0.4 is 5.73 Å². The Balaban J connectivity index is 3.34. The van der Waals surface area contributed by atoms with E-state index < -0.39 is 0 Å². The van der Waals surface area contributed by atoms with E-state index in [9.17, 15) is 4.79 Å². The molecular formula is C7H13NO2. The lowest BCUT2D eigenvalue weighted by atomic mass is 10.4. The molecule has 0 aliphatic carbocycles. The molecule has 0 saturated heterocycles. The van der Waals surface area contributed by atoms with Crippen LogP contribution in [-0.4, -0.2) is 19.1 Å². The monoisotopic (exact) mass is 143 g/mol. The van der Waals surface area contributed by atoms with E-state index in [1.165, 1.54) is 6.08 Å². The van der Waals surface area contributed by atoms with Crippen LogP contribution in [-0.2, 0) is 9.53 Å². The van der Waals surface area contributed by atoms with Crippen LogP contribution in [0.25, 0.3) is 0 Å². The highest BCUT2D eigenvalue weighted by atomic mass is 16.5. The number of ether oxygens (including phenoxy) is 1. The third-order valence-corrected chi connectivity index (χ3v) is 0.852. The predicted molar refractivity (Wildman–Crippen MR) is 39.4 cm³/mol. The summed E-state index contributed by atoms with van der Waals surface area (Å²) in [5.74, 6) is -0.313. The van der Waals surface area contributed by atoms with E-state index in [2.05, 4.69) is 4.74 Å². The Hall–Kier alpha value is -0.830. The molecule has 3 nitrogen and oxygen atoms in total. The minimum Gasteiger partial charge on any atom is -0.461 e. The van der Waals surface area contributed by atoms with Crippen LogP contribution in [0.2, 0.25) is 0 Å². The third-order valence-electron chi connectivity index (χ3n) is 0.852. The van der Waals surface area contributed by atoms with Crippen molar-refractivity contribution < 1.29 is 9.53 Å². The molecule has 0 aromatic heterocycles. The van der Waals surface area contributed by atoms with Crippen molar-refractivity contribution in [1.82, 2.24) is 0 Å². The van der Waals surface area contributed by atoms with Crippen molar-refractivity contribution in [3.05, 3.63) is 12.2 Å². The van der Waals surface area contributed by atoms with E-state index in [1.54, 1.807) is 6.08 Å². The maximum absolute atomic E-state index is 10.6. The lowest BCUT2D eigenvalue weighted by molar-refractivity contribution is -0.137. The van der Waals surface area contributed by atoms with Crippen LogP contribution in [0.3, 0.4) is 0 Å². The number of nitrogens with two attached hydrogens (primary N) is 1. The van der Waals surface area contributed by atoms with Gasteiger partial charge in [-0.05, 0) is 6.42 Å². The van der Waals surface area contributed by atoms with Gasteiger partial charge in [0, 0.05) is 12.6 Å². The van der Waals surface area contributed by atoms with E-state index in [0.29, 0.717) is 13.2 Å². The molecule has 3 heteroatoms. The van der Waals surface area contributed by atoms with Gasteiger partial charge >= 0.3 is 5.97 Å². The van der Waals surface area contributed by atoms with E-state index in [0.717, 1.165) is 6.42 Å². The number of hydrogen-bond acceptors (Lipinski definition) is 3. The highest BCUT2D eigenvalue weighted by Gasteiger charge is 1.91. The molecule has 0 aromatic rings. The van der Waals surface area contributed by atoms with E-state index in [4.69, 9.17) is 5.73 Å². The maximum atomic E-state index is 10.6. The second-order valence-electron chi connectivity index (χ2n) is 1.77. The van der Waals surface area contributed by atoms with E-state index in [1.807, 2.05) is 6.92 Å². The first-order valence-electron chi connectivity index (χ1n) is 3.34. The Morgan fingerprint density at radius 1 is 1.70 bits per heavy atom. The van der Waals surface area contributed by atoms with Gasteiger partial charge in [0.05, 0.1) is 0 Å². The van der Waals surface area contributed by atoms with Gasteiger partial charge in [0.1, 0.15) is 6.61 Å². The molecule has 0 aliphatic rings. The summed E-state index contributed by atoms with van der Waals surface area (Å²) in [6.07, 6.45) is 4.01. The molecule has 0 unspecified atom stereocenters. The zero-order valence-electron chi connectivity index (χ0n) is 6.17. The predicted octanol–water partition coefficient (Wildman–Crippen LogP) is 0.455. The molecule has 0 rings (SSSR count). The van der Waals surface area contributed by atoms with Gasteiger partial charge in [-0.15, -0.1) is 0 Å². The number of carbonyl (C=O) groups is 1. The van der Waals surface area contributed by atoms with Crippen molar-refractivity contribution in [3.8, 4) is 0 Å². The van der Waals surface area contributed by atoms with Gasteiger partial charge in [0.25, 0.3) is 0 Å². The number of carbonyl (C=O) groups excluding carboxylic acids is 1. The average Bonchev–Trinajstić information content (AvgIpc) is 1.97. The third kappa shape index (κ3) is 5.31. The molecule has 2 N–H and O–H groups in total. The second-order valence-corrected chi connectivity index (χ2v) is 1.77. The molecule has 0 amide bonds. The lowest BCUT2D eigenvalue weighted by Crippen LogP contribution is -2.11. The molecular weight excluding hydrogens is 130 g/mol. The average molecular weight is 143 g/mol. The van der Waals surface area contributed by atoms with Gasteiger partial charge in [-0.25, -0.2) is 4.79 Å². The van der Waals surface area contributed by atoms with Gasteiger partial charge in [0.2, 0.25) is 0 Å². The summed E-state index contributed by atoms with van der Waals surface area (Å²) in [4.78, 5) is 10.6. The first-order valence-corrected chi connectivity index (χ1v) is 3.34. The first-order chi connectivity index (χ1) is 4.81. The molecule has 0 radical (unpaired) electrons. The van der Waals surface area contributed by atoms with Crippen molar-refractivity contribution in [3.63, 3.8) is 0 Å². The Morgan fingerprint density at radius 2 is 2.40 bits per heavy atom. The van der Waals surface area contributed by atoms with Crippen LogP contribution >= 0.6 is 0 Å². The number of allylic oxidation sites excluding steroid dienone is 1. The Morgan fingerprint density at radius 3 is 2.90 bits per heavy atom. The zero-order chi connectivity index (χ0) is 7.82. The fourth-order valence-electron chi connectivity index (χ4n) is 0.422. The second kappa shape index (κ2) is 6.29. The summed E-state index contributed by atoms with van der Waals surface area (Å²) in [5, 5.41) is 0. The van der Waals surface area contributed by atoms with Gasteiger partial charge in [0.15, 0.2) is 0 Å². The molecule has 10 heavy (non-hydrogen) atoms. The SMILES string of the molecule is CCC=CC(=O)OCCN. The van der Waals surface area contributed by atoms with Gasteiger partial charge in [-0.2, -0.15) is 0 Å². The zero-order valence-corrected chi connectivity index (χ0v) is 6.17. The number of rotatable bonds is 4. The maximum Gasteiger partial charge on any atom is 0.330 e. The minimum atomic E-state index is -0.313. The lowest BCUT2D eigenvalue weighted by Gasteiger charge is -1.96. The van der Waals surface area contributed by atoms with Crippen molar-refractivity contribution in [2.24, 2.45) is 5.73 Å². The highest BCUT2D eigenvalue weighted by molar-refractivity contribution is 5.81. The standard InChI is InChI=1S/C7H13NO2/c1-2-3-4-7(9)10-6-5-8/h3-4H,2,5-6,8H2,1H3. The normalized spacial score (nSPS) is 10.2. The van der Waals surface area contributed by atoms with Crippen LogP contribution in [0, 0.1) is 0 Å². The fourth-order valence-corrected chi connectivity index (χ4v) is 0.422. The number of esters is 1. The van der Waals surface area contributed by atoms with Crippen LogP contribution in [0.15, 0.2) is 12.2 Å². The van der Waals surface area contributed by atoms with Gasteiger partial charge < -0.3 is 10.5 Å². The Kier molecular flexibility index (Phi) is 5.77. The molecule has 0 aliphatic heterocycles. The summed E-state index contributed by atoms with van der Waals surface area (Å²) in [5.41, 5.74) is 5.10. The Bertz CT molecular complexity index is 121. The van der Waals surface area contributed by atoms with E-state index >= 15 is 0 Å². The molecule has 0 heterocycles. The molecule has 0 fully saturated rings. The van der Waals surface area contributed by atoms with Crippen molar-refractivity contribution in [1.29, 1.82) is 0 Å². The van der Waals surface area contributed by atoms with Crippen molar-refractivity contribution in [2.45, 2.75) is 13.3 Å². The van der Waals surface area contributed by atoms with Crippen LogP contribution in [0.5, 0.6) is 0 Å². The molecule has 0 aromatic carbocycles. The topological polar surface area (TPSA) is 52.3 Å². The molecule has 0 bridgehead atoms. The summed E-state index contributed by atoms with van der Waals surface area (Å²) in [6, 6.07) is 0. The molecule has 58 valence electrons. The summed E-state index contributed by atoms with van der Waals surface area (Å²) >= 11 is 0. The van der Waals surface area contributed by atoms with Crippen LogP contribution in [0.4, 0.5) is 0 Å². The first kappa shape index (κ1) is 9.17. The fraction of sp³-hybridized carbons (Fsp3) is 0.571. The quantitative estimate of drug-likeness (QED) is 0.459. The number of hydrogen-bond donors (Lipinski definition) is 1. The summed E-state index contributed by atoms with van der Waals surface area (Å²) in [7, 11) is 0. The summed E-state index contributed by atoms with van der Waals surface area (Å²) in [6.45, 7) is 2.63. The highest BCUT2D eigenvalue weighted by Crippen LogP contribution is 1.83. The molecule has 0 saturated carbocycles. The van der Waals surface area contributed by atoms with Crippen LogP contribution in [0.1, 0.15) is 13.3 Å². The summed E-state index contributed by atoms with van der Waals surface area (Å²) < 4.78 is 4.64. The van der Waals surface area contributed by atoms with E-state index in [-0.39, 0.29) is 5.97 Å². The van der Waals surface area contributed by atoms with Gasteiger partial charge in [-0.1, -0.05) is 13.0 Å². The molecule has 0 atom stereocenters. The smallest absolute Gasteiger partial charge is 0.330 e. The van der Waals surface area contributed by atoms with Gasteiger partial charge in [-0.3, -0.25) is 0 Å². The minimum absolute atomic E-state index is 0.298. The Labute approximate surface area is 60.9 Å².